The number of carbonyl (C=O) groups excluding carboxylic acids is 3. The number of hydrogen-bond donors (Lipinski definition) is 2. The summed E-state index contributed by atoms with van der Waals surface area (Å²) in [5.74, 6) is -1.47. The Hall–Kier alpha value is -2.56. The molecule has 3 atom stereocenters. The third kappa shape index (κ3) is 54.2. The molecule has 0 aromatic heterocycles. The van der Waals surface area contributed by atoms with E-state index in [9.17, 15) is 28.9 Å². The summed E-state index contributed by atoms with van der Waals surface area (Å²) in [6.45, 7) is 4.61. The van der Waals surface area contributed by atoms with Crippen LogP contribution in [0.4, 0.5) is 0 Å². The lowest BCUT2D eigenvalue weighted by Gasteiger charge is -2.21. The van der Waals surface area contributed by atoms with Crippen molar-refractivity contribution in [2.24, 2.45) is 0 Å². The van der Waals surface area contributed by atoms with E-state index < -0.39 is 57.8 Å². The van der Waals surface area contributed by atoms with Crippen LogP contribution in [0.15, 0.2) is 48.6 Å². The van der Waals surface area contributed by atoms with Gasteiger partial charge in [0.05, 0.1) is 19.8 Å². The molecular weight excluding hydrogens is 952 g/mol. The van der Waals surface area contributed by atoms with E-state index in [1.54, 1.807) is 0 Å². The molecule has 0 rings (SSSR count). The maximum atomic E-state index is 12.9. The Bertz CT molecular complexity index is 1430. The molecule has 0 saturated heterocycles. The third-order valence-corrected chi connectivity index (χ3v) is 14.2. The van der Waals surface area contributed by atoms with Gasteiger partial charge in [-0.1, -0.05) is 236 Å². The molecule has 0 aliphatic heterocycles. The van der Waals surface area contributed by atoms with Crippen LogP contribution in [-0.2, 0) is 42.2 Å². The van der Waals surface area contributed by atoms with Crippen molar-refractivity contribution >= 4 is 25.7 Å². The van der Waals surface area contributed by atoms with Crippen LogP contribution in [-0.4, -0.2) is 66.5 Å². The van der Waals surface area contributed by atoms with Gasteiger partial charge < -0.3 is 24.2 Å². The number of allylic oxidation sites excluding steroid dienone is 8. The standard InChI is InChI=1S/C62H113O11P/c1-4-7-10-13-16-19-22-25-27-28-29-30-32-35-38-41-44-47-50-53-62(66)73-59(55-69-60(64)51-48-45-42-39-36-33-24-21-18-15-12-9-6-3)57-71-74(67,68)70-56-58(54-63)72-61(65)52-49-46-43-40-37-34-31-26-23-20-17-14-11-8-5-2/h16-17,19-20,25-27,31,58-59,63H,4-15,18,21-24,28-30,32-57H2,1-3H3,(H,67,68)/b19-16-,20-17-,27-25-,31-26-. The monoisotopic (exact) mass is 1060 g/mol. The Morgan fingerprint density at radius 3 is 1.03 bits per heavy atom. The number of esters is 3. The fraction of sp³-hybridized carbons (Fsp3) is 0.823. The van der Waals surface area contributed by atoms with Crippen LogP contribution in [0, 0.1) is 0 Å². The minimum absolute atomic E-state index is 0.163. The Labute approximate surface area is 453 Å². The lowest BCUT2D eigenvalue weighted by Crippen LogP contribution is -2.30. The van der Waals surface area contributed by atoms with Crippen LogP contribution in [0.5, 0.6) is 0 Å². The van der Waals surface area contributed by atoms with Gasteiger partial charge in [0, 0.05) is 19.3 Å². The molecular formula is C62H113O11P. The Morgan fingerprint density at radius 1 is 0.378 bits per heavy atom. The van der Waals surface area contributed by atoms with Crippen molar-refractivity contribution in [3.05, 3.63) is 48.6 Å². The molecule has 0 bridgehead atoms. The third-order valence-electron chi connectivity index (χ3n) is 13.2. The summed E-state index contributed by atoms with van der Waals surface area (Å²) in [5.41, 5.74) is 0. The van der Waals surface area contributed by atoms with E-state index in [0.717, 1.165) is 96.3 Å². The van der Waals surface area contributed by atoms with Gasteiger partial charge in [0.15, 0.2) is 6.10 Å². The summed E-state index contributed by atoms with van der Waals surface area (Å²) in [7, 11) is -4.75. The van der Waals surface area contributed by atoms with E-state index in [1.807, 2.05) is 0 Å². The molecule has 74 heavy (non-hydrogen) atoms. The van der Waals surface area contributed by atoms with Crippen molar-refractivity contribution < 1.29 is 52.2 Å². The maximum Gasteiger partial charge on any atom is 0.472 e. The first-order valence-electron chi connectivity index (χ1n) is 30.5. The van der Waals surface area contributed by atoms with Gasteiger partial charge in [0.1, 0.15) is 12.7 Å². The van der Waals surface area contributed by atoms with Crippen LogP contribution >= 0.6 is 7.82 Å². The minimum atomic E-state index is -4.75. The lowest BCUT2D eigenvalue weighted by molar-refractivity contribution is -0.161. The number of carbonyl (C=O) groups is 3. The number of hydrogen-bond acceptors (Lipinski definition) is 10. The molecule has 12 heteroatoms. The van der Waals surface area contributed by atoms with E-state index in [0.29, 0.717) is 19.3 Å². The quantitative estimate of drug-likeness (QED) is 0.0197. The Balaban J connectivity index is 4.69. The number of aliphatic hydroxyl groups is 1. The fourth-order valence-electron chi connectivity index (χ4n) is 8.54. The number of unbranched alkanes of at least 4 members (excludes halogenated alkanes) is 32. The van der Waals surface area contributed by atoms with Crippen molar-refractivity contribution in [1.29, 1.82) is 0 Å². The van der Waals surface area contributed by atoms with E-state index in [1.165, 1.54) is 135 Å². The van der Waals surface area contributed by atoms with E-state index in [2.05, 4.69) is 69.4 Å². The van der Waals surface area contributed by atoms with E-state index >= 15 is 0 Å². The topological polar surface area (TPSA) is 155 Å². The van der Waals surface area contributed by atoms with Gasteiger partial charge in [-0.15, -0.1) is 0 Å². The summed E-state index contributed by atoms with van der Waals surface area (Å²) in [5, 5.41) is 9.82. The van der Waals surface area contributed by atoms with Crippen molar-refractivity contribution in [2.75, 3.05) is 26.4 Å². The molecule has 0 spiro atoms. The predicted molar refractivity (Wildman–Crippen MR) is 307 cm³/mol. The van der Waals surface area contributed by atoms with Crippen molar-refractivity contribution in [3.8, 4) is 0 Å². The van der Waals surface area contributed by atoms with Gasteiger partial charge in [0.25, 0.3) is 0 Å². The molecule has 0 aromatic carbocycles. The minimum Gasteiger partial charge on any atom is -0.462 e. The Kier molecular flexibility index (Phi) is 54.7. The summed E-state index contributed by atoms with van der Waals surface area (Å²) in [6.07, 6.45) is 60.6. The van der Waals surface area contributed by atoms with Gasteiger partial charge in [-0.3, -0.25) is 23.4 Å². The zero-order valence-corrected chi connectivity index (χ0v) is 48.7. The molecule has 0 amide bonds. The molecule has 432 valence electrons. The zero-order chi connectivity index (χ0) is 54.1. The van der Waals surface area contributed by atoms with Crippen molar-refractivity contribution in [3.63, 3.8) is 0 Å². The van der Waals surface area contributed by atoms with Crippen LogP contribution in [0.1, 0.15) is 290 Å². The predicted octanol–water partition coefficient (Wildman–Crippen LogP) is 18.1. The second kappa shape index (κ2) is 56.6. The number of rotatable bonds is 57. The molecule has 2 N–H and O–H groups in total. The SMILES string of the molecule is CCCCC/C=C\C/C=C\CCCCCCCCCCCC(=O)OC(COC(=O)CCCCCCCCCCCCCCC)COP(=O)(O)OCC(CO)OC(=O)CCCCCCC/C=C\C/C=C\CCCCC. The van der Waals surface area contributed by atoms with Crippen LogP contribution < -0.4 is 0 Å². The summed E-state index contributed by atoms with van der Waals surface area (Å²) in [6, 6.07) is 0. The maximum absolute atomic E-state index is 12.9. The van der Waals surface area contributed by atoms with E-state index in [-0.39, 0.29) is 25.9 Å². The first-order valence-corrected chi connectivity index (χ1v) is 32.0. The lowest BCUT2D eigenvalue weighted by atomic mass is 10.0. The van der Waals surface area contributed by atoms with Crippen molar-refractivity contribution in [1.82, 2.24) is 0 Å². The van der Waals surface area contributed by atoms with Gasteiger partial charge in [-0.05, 0) is 83.5 Å². The molecule has 0 aliphatic rings. The molecule has 11 nitrogen and oxygen atoms in total. The molecule has 0 radical (unpaired) electrons. The number of phosphoric acid groups is 1. The Morgan fingerprint density at radius 2 is 0.662 bits per heavy atom. The van der Waals surface area contributed by atoms with Crippen molar-refractivity contribution in [2.45, 2.75) is 303 Å². The summed E-state index contributed by atoms with van der Waals surface area (Å²) < 4.78 is 39.6. The summed E-state index contributed by atoms with van der Waals surface area (Å²) >= 11 is 0. The molecule has 0 aromatic rings. The highest BCUT2D eigenvalue weighted by Gasteiger charge is 2.28. The largest absolute Gasteiger partial charge is 0.472 e. The highest BCUT2D eigenvalue weighted by molar-refractivity contribution is 7.47. The van der Waals surface area contributed by atoms with Crippen LogP contribution in [0.2, 0.25) is 0 Å². The van der Waals surface area contributed by atoms with Gasteiger partial charge >= 0.3 is 25.7 Å². The van der Waals surface area contributed by atoms with Gasteiger partial charge in [0.2, 0.25) is 0 Å². The van der Waals surface area contributed by atoms with Gasteiger partial charge in [-0.25, -0.2) is 4.57 Å². The smallest absolute Gasteiger partial charge is 0.462 e. The summed E-state index contributed by atoms with van der Waals surface area (Å²) in [4.78, 5) is 48.6. The molecule has 0 fully saturated rings. The average Bonchev–Trinajstić information content (AvgIpc) is 3.39. The zero-order valence-electron chi connectivity index (χ0n) is 47.8. The normalized spacial score (nSPS) is 13.6. The first kappa shape index (κ1) is 71.4. The highest BCUT2D eigenvalue weighted by Crippen LogP contribution is 2.43. The molecule has 3 unspecified atom stereocenters. The second-order valence-electron chi connectivity index (χ2n) is 20.5. The number of ether oxygens (including phenoxy) is 3. The highest BCUT2D eigenvalue weighted by atomic mass is 31.2. The molecule has 0 aliphatic carbocycles. The van der Waals surface area contributed by atoms with E-state index in [4.69, 9.17) is 23.3 Å². The number of aliphatic hydroxyl groups excluding tert-OH is 1. The van der Waals surface area contributed by atoms with Gasteiger partial charge in [-0.2, -0.15) is 0 Å². The van der Waals surface area contributed by atoms with Crippen LogP contribution in [0.25, 0.3) is 0 Å². The average molecular weight is 1070 g/mol. The number of phosphoric ester groups is 1. The molecule has 0 saturated carbocycles. The fourth-order valence-corrected chi connectivity index (χ4v) is 9.32. The molecule has 0 heterocycles. The first-order chi connectivity index (χ1) is 36.2. The van der Waals surface area contributed by atoms with Crippen LogP contribution in [0.3, 0.4) is 0 Å². The second-order valence-corrected chi connectivity index (χ2v) is 22.0.